The fraction of sp³-hybridized carbons (Fsp3) is 1.00. The molecule has 0 amide bonds. The maximum Gasteiger partial charge on any atom is 0.0873 e. The summed E-state index contributed by atoms with van der Waals surface area (Å²) >= 11 is 0. The van der Waals surface area contributed by atoms with Crippen LogP contribution >= 0.6 is 0 Å². The molecule has 0 aliphatic carbocycles. The maximum absolute atomic E-state index is 9.92. The van der Waals surface area contributed by atoms with Crippen molar-refractivity contribution >= 4 is 0 Å². The van der Waals surface area contributed by atoms with E-state index >= 15 is 0 Å². The lowest BCUT2D eigenvalue weighted by Crippen LogP contribution is -2.48. The van der Waals surface area contributed by atoms with Gasteiger partial charge in [-0.3, -0.25) is 0 Å². The second-order valence-corrected chi connectivity index (χ2v) is 6.03. The fourth-order valence-corrected chi connectivity index (χ4v) is 2.17. The first kappa shape index (κ1) is 13.9. The van der Waals surface area contributed by atoms with Gasteiger partial charge in [0.05, 0.1) is 17.3 Å². The van der Waals surface area contributed by atoms with E-state index in [1.165, 1.54) is 0 Å². The Balaban J connectivity index is 4.63. The molecule has 0 heterocycles. The summed E-state index contributed by atoms with van der Waals surface area (Å²) in [7, 11) is 0. The lowest BCUT2D eigenvalue weighted by molar-refractivity contribution is -0.123. The summed E-state index contributed by atoms with van der Waals surface area (Å²) in [6.45, 7) is 10.2. The number of aliphatic hydroxyl groups excluding tert-OH is 1. The summed E-state index contributed by atoms with van der Waals surface area (Å²) in [6, 6.07) is 0. The molecule has 14 heavy (non-hydrogen) atoms. The molecule has 3 N–H and O–H groups in total. The third-order valence-electron chi connectivity index (χ3n) is 2.30. The molecule has 0 spiro atoms. The number of aliphatic hydroxyl groups is 3. The van der Waals surface area contributed by atoms with Crippen molar-refractivity contribution in [3.05, 3.63) is 0 Å². The van der Waals surface area contributed by atoms with Gasteiger partial charge in [0.25, 0.3) is 0 Å². The molecule has 1 atom stereocenters. The van der Waals surface area contributed by atoms with Gasteiger partial charge in [0.2, 0.25) is 0 Å². The summed E-state index contributed by atoms with van der Waals surface area (Å²) in [5.41, 5.74) is -2.50. The Labute approximate surface area is 86.8 Å². The Morgan fingerprint density at radius 3 is 1.50 bits per heavy atom. The minimum atomic E-state index is -1.14. The Kier molecular flexibility index (Phi) is 3.76. The summed E-state index contributed by atoms with van der Waals surface area (Å²) < 4.78 is 0. The minimum absolute atomic E-state index is 0.436. The first-order valence-corrected chi connectivity index (χ1v) is 4.99. The second kappa shape index (κ2) is 3.80. The predicted octanol–water partition coefficient (Wildman–Crippen LogP) is 1.31. The highest BCUT2D eigenvalue weighted by molar-refractivity contribution is 4.92. The average Bonchev–Trinajstić information content (AvgIpc) is 1.78. The van der Waals surface area contributed by atoms with Crippen molar-refractivity contribution in [1.82, 2.24) is 0 Å². The van der Waals surface area contributed by atoms with Gasteiger partial charge < -0.3 is 15.3 Å². The quantitative estimate of drug-likeness (QED) is 0.647. The number of rotatable bonds is 4. The second-order valence-electron chi connectivity index (χ2n) is 6.03. The monoisotopic (exact) mass is 204 g/mol. The molecule has 0 aromatic heterocycles. The summed E-state index contributed by atoms with van der Waals surface area (Å²) in [5, 5.41) is 29.3. The molecule has 0 saturated heterocycles. The van der Waals surface area contributed by atoms with Gasteiger partial charge in [0.1, 0.15) is 0 Å². The molecule has 86 valence electrons. The van der Waals surface area contributed by atoms with Crippen LogP contribution in [0, 0.1) is 5.41 Å². The molecule has 1 unspecified atom stereocenters. The van der Waals surface area contributed by atoms with Crippen LogP contribution in [0.2, 0.25) is 0 Å². The van der Waals surface area contributed by atoms with E-state index in [-0.39, 0.29) is 0 Å². The average molecular weight is 204 g/mol. The highest BCUT2D eigenvalue weighted by atomic mass is 16.3. The van der Waals surface area contributed by atoms with Crippen LogP contribution in [0.3, 0.4) is 0 Å². The van der Waals surface area contributed by atoms with Gasteiger partial charge in [-0.2, -0.15) is 0 Å². The van der Waals surface area contributed by atoms with Crippen LogP contribution in [-0.4, -0.2) is 32.6 Å². The predicted molar refractivity (Wildman–Crippen MR) is 57.0 cm³/mol. The molecule has 0 bridgehead atoms. The standard InChI is InChI=1S/C11H24O3/c1-9(2,7-10(3,4)13)8(12)11(5,6)14/h8,12-14H,7H2,1-6H3. The Morgan fingerprint density at radius 1 is 0.929 bits per heavy atom. The molecular formula is C11H24O3. The van der Waals surface area contributed by atoms with Gasteiger partial charge in [0, 0.05) is 0 Å². The minimum Gasteiger partial charge on any atom is -0.390 e. The molecular weight excluding hydrogens is 180 g/mol. The largest absolute Gasteiger partial charge is 0.390 e. The molecule has 0 radical (unpaired) electrons. The van der Waals surface area contributed by atoms with Crippen LogP contribution in [0.4, 0.5) is 0 Å². The van der Waals surface area contributed by atoms with E-state index in [0.29, 0.717) is 6.42 Å². The van der Waals surface area contributed by atoms with Crippen molar-refractivity contribution in [3.63, 3.8) is 0 Å². The van der Waals surface area contributed by atoms with E-state index in [1.807, 2.05) is 13.8 Å². The lowest BCUT2D eigenvalue weighted by Gasteiger charge is -2.40. The molecule has 0 aromatic carbocycles. The van der Waals surface area contributed by atoms with Crippen molar-refractivity contribution in [2.45, 2.75) is 65.3 Å². The molecule has 0 fully saturated rings. The molecule has 0 aliphatic rings. The Morgan fingerprint density at radius 2 is 1.29 bits per heavy atom. The van der Waals surface area contributed by atoms with Crippen LogP contribution in [0.5, 0.6) is 0 Å². The molecule has 0 aromatic rings. The normalized spacial score (nSPS) is 16.9. The topological polar surface area (TPSA) is 60.7 Å². The Hall–Kier alpha value is -0.120. The van der Waals surface area contributed by atoms with Crippen LogP contribution in [0.15, 0.2) is 0 Å². The molecule has 3 heteroatoms. The van der Waals surface area contributed by atoms with Gasteiger partial charge in [-0.1, -0.05) is 13.8 Å². The van der Waals surface area contributed by atoms with E-state index in [9.17, 15) is 15.3 Å². The van der Waals surface area contributed by atoms with Crippen molar-refractivity contribution in [3.8, 4) is 0 Å². The third kappa shape index (κ3) is 4.40. The van der Waals surface area contributed by atoms with E-state index in [4.69, 9.17) is 0 Å². The van der Waals surface area contributed by atoms with Crippen LogP contribution in [-0.2, 0) is 0 Å². The van der Waals surface area contributed by atoms with Gasteiger partial charge in [-0.05, 0) is 39.5 Å². The summed E-state index contributed by atoms with van der Waals surface area (Å²) in [6.07, 6.45) is -0.424. The molecule has 0 saturated carbocycles. The van der Waals surface area contributed by atoms with Crippen LogP contribution in [0.1, 0.15) is 48.0 Å². The molecule has 0 aliphatic heterocycles. The van der Waals surface area contributed by atoms with Crippen molar-refractivity contribution < 1.29 is 15.3 Å². The van der Waals surface area contributed by atoms with Gasteiger partial charge >= 0.3 is 0 Å². The molecule has 0 rings (SSSR count). The summed E-state index contributed by atoms with van der Waals surface area (Å²) in [4.78, 5) is 0. The fourth-order valence-electron chi connectivity index (χ4n) is 2.17. The van der Waals surface area contributed by atoms with E-state index in [1.54, 1.807) is 27.7 Å². The van der Waals surface area contributed by atoms with Crippen molar-refractivity contribution in [2.24, 2.45) is 5.41 Å². The number of hydrogen-bond acceptors (Lipinski definition) is 3. The SMILES string of the molecule is CC(C)(O)CC(C)(C)C(O)C(C)(C)O. The van der Waals surface area contributed by atoms with Gasteiger partial charge in [0.15, 0.2) is 0 Å². The van der Waals surface area contributed by atoms with Crippen LogP contribution in [0.25, 0.3) is 0 Å². The van der Waals surface area contributed by atoms with Gasteiger partial charge in [-0.25, -0.2) is 0 Å². The highest BCUT2D eigenvalue weighted by Gasteiger charge is 2.40. The summed E-state index contributed by atoms with van der Waals surface area (Å²) in [5.74, 6) is 0. The van der Waals surface area contributed by atoms with Crippen molar-refractivity contribution in [1.29, 1.82) is 0 Å². The maximum atomic E-state index is 9.92. The lowest BCUT2D eigenvalue weighted by atomic mass is 9.72. The zero-order chi connectivity index (χ0) is 11.8. The number of hydrogen-bond donors (Lipinski definition) is 3. The smallest absolute Gasteiger partial charge is 0.0873 e. The van der Waals surface area contributed by atoms with E-state index in [0.717, 1.165) is 0 Å². The molecule has 3 nitrogen and oxygen atoms in total. The van der Waals surface area contributed by atoms with E-state index < -0.39 is 22.7 Å². The van der Waals surface area contributed by atoms with Crippen LogP contribution < -0.4 is 0 Å². The zero-order valence-electron chi connectivity index (χ0n) is 10.1. The van der Waals surface area contributed by atoms with Crippen molar-refractivity contribution in [2.75, 3.05) is 0 Å². The highest BCUT2D eigenvalue weighted by Crippen LogP contribution is 2.35. The Bertz CT molecular complexity index is 184. The van der Waals surface area contributed by atoms with E-state index in [2.05, 4.69) is 0 Å². The first-order valence-electron chi connectivity index (χ1n) is 4.99. The zero-order valence-corrected chi connectivity index (χ0v) is 10.1. The van der Waals surface area contributed by atoms with Gasteiger partial charge in [-0.15, -0.1) is 0 Å². The first-order chi connectivity index (χ1) is 5.86. The third-order valence-corrected chi connectivity index (χ3v) is 2.30.